The average molecular weight is 315 g/mol. The molecule has 19 heavy (non-hydrogen) atoms. The van der Waals surface area contributed by atoms with Crippen molar-refractivity contribution in [3.8, 4) is 0 Å². The first-order valence-electron chi connectivity index (χ1n) is 6.36. The van der Waals surface area contributed by atoms with Gasteiger partial charge in [0.2, 0.25) is 0 Å². The minimum Gasteiger partial charge on any atom is -0.383 e. The van der Waals surface area contributed by atoms with Crippen molar-refractivity contribution in [1.82, 2.24) is 4.57 Å². The van der Waals surface area contributed by atoms with Gasteiger partial charge in [0.05, 0.1) is 0 Å². The lowest BCUT2D eigenvalue weighted by atomic mass is 10.2. The standard InChI is InChI=1S/C16H15BrN2/c17-14-6-7-16-13(12-14)8-10-19(16)11-9-18-15-4-2-1-3-5-15/h1-8,10,12,18H,9,11H2. The highest BCUT2D eigenvalue weighted by atomic mass is 79.9. The van der Waals surface area contributed by atoms with E-state index in [1.807, 2.05) is 18.2 Å². The fourth-order valence-electron chi connectivity index (χ4n) is 2.24. The first kappa shape index (κ1) is 12.3. The molecule has 3 heteroatoms. The molecule has 0 aliphatic rings. The maximum atomic E-state index is 3.50. The highest BCUT2D eigenvalue weighted by Gasteiger charge is 2.01. The number of rotatable bonds is 4. The summed E-state index contributed by atoms with van der Waals surface area (Å²) in [5.74, 6) is 0. The molecule has 1 aromatic heterocycles. The smallest absolute Gasteiger partial charge is 0.0481 e. The molecule has 0 fully saturated rings. The van der Waals surface area contributed by atoms with Gasteiger partial charge in [-0.05, 0) is 36.4 Å². The molecule has 0 radical (unpaired) electrons. The molecule has 96 valence electrons. The lowest BCUT2D eigenvalue weighted by molar-refractivity contribution is 0.757. The Labute approximate surface area is 121 Å². The Morgan fingerprint density at radius 2 is 1.84 bits per heavy atom. The van der Waals surface area contributed by atoms with Gasteiger partial charge in [-0.15, -0.1) is 0 Å². The highest BCUT2D eigenvalue weighted by molar-refractivity contribution is 9.10. The van der Waals surface area contributed by atoms with Crippen molar-refractivity contribution in [3.05, 3.63) is 65.3 Å². The number of para-hydroxylation sites is 1. The summed E-state index contributed by atoms with van der Waals surface area (Å²) in [5, 5.41) is 4.70. The van der Waals surface area contributed by atoms with Crippen molar-refractivity contribution in [3.63, 3.8) is 0 Å². The minimum atomic E-state index is 0.920. The third-order valence-corrected chi connectivity index (χ3v) is 3.68. The van der Waals surface area contributed by atoms with Gasteiger partial charge in [0.1, 0.15) is 0 Å². The zero-order valence-corrected chi connectivity index (χ0v) is 12.1. The largest absolute Gasteiger partial charge is 0.383 e. The first-order chi connectivity index (χ1) is 9.33. The fourth-order valence-corrected chi connectivity index (χ4v) is 2.62. The summed E-state index contributed by atoms with van der Waals surface area (Å²) in [6.07, 6.45) is 2.14. The molecule has 0 saturated carbocycles. The summed E-state index contributed by atoms with van der Waals surface area (Å²) in [6, 6.07) is 18.8. The van der Waals surface area contributed by atoms with E-state index in [0.29, 0.717) is 0 Å². The third kappa shape index (κ3) is 2.82. The van der Waals surface area contributed by atoms with E-state index in [0.717, 1.165) is 17.6 Å². The number of halogens is 1. The molecular formula is C16H15BrN2. The zero-order chi connectivity index (χ0) is 13.1. The Morgan fingerprint density at radius 3 is 2.68 bits per heavy atom. The van der Waals surface area contributed by atoms with Crippen LogP contribution in [-0.2, 0) is 6.54 Å². The average Bonchev–Trinajstić information content (AvgIpc) is 2.82. The maximum Gasteiger partial charge on any atom is 0.0481 e. The number of hydrogen-bond acceptors (Lipinski definition) is 1. The van der Waals surface area contributed by atoms with E-state index >= 15 is 0 Å². The van der Waals surface area contributed by atoms with Gasteiger partial charge in [0.15, 0.2) is 0 Å². The van der Waals surface area contributed by atoms with Crippen LogP contribution in [0.15, 0.2) is 65.3 Å². The van der Waals surface area contributed by atoms with Gasteiger partial charge in [0, 0.05) is 40.3 Å². The maximum absolute atomic E-state index is 3.50. The Morgan fingerprint density at radius 1 is 1.00 bits per heavy atom. The fraction of sp³-hybridized carbons (Fsp3) is 0.125. The van der Waals surface area contributed by atoms with E-state index in [1.54, 1.807) is 0 Å². The molecule has 2 nitrogen and oxygen atoms in total. The van der Waals surface area contributed by atoms with Crippen LogP contribution in [0.5, 0.6) is 0 Å². The molecule has 3 aromatic rings. The number of nitrogens with one attached hydrogen (secondary N) is 1. The number of benzene rings is 2. The normalized spacial score (nSPS) is 10.8. The molecule has 0 unspecified atom stereocenters. The quantitative estimate of drug-likeness (QED) is 0.749. The lowest BCUT2D eigenvalue weighted by Gasteiger charge is -2.08. The number of nitrogens with zero attached hydrogens (tertiary/aromatic N) is 1. The monoisotopic (exact) mass is 314 g/mol. The summed E-state index contributed by atoms with van der Waals surface area (Å²) in [5.41, 5.74) is 2.44. The molecule has 0 spiro atoms. The van der Waals surface area contributed by atoms with Gasteiger partial charge in [0.25, 0.3) is 0 Å². The van der Waals surface area contributed by atoms with Crippen LogP contribution in [0.2, 0.25) is 0 Å². The number of hydrogen-bond donors (Lipinski definition) is 1. The van der Waals surface area contributed by atoms with Crippen LogP contribution >= 0.6 is 15.9 Å². The van der Waals surface area contributed by atoms with E-state index in [-0.39, 0.29) is 0 Å². The molecule has 0 aliphatic heterocycles. The second kappa shape index (κ2) is 5.49. The van der Waals surface area contributed by atoms with Crippen LogP contribution in [0.25, 0.3) is 10.9 Å². The van der Waals surface area contributed by atoms with Crippen LogP contribution < -0.4 is 5.32 Å². The molecular weight excluding hydrogens is 300 g/mol. The lowest BCUT2D eigenvalue weighted by Crippen LogP contribution is -2.09. The Hall–Kier alpha value is -1.74. The van der Waals surface area contributed by atoms with Crippen LogP contribution in [0.1, 0.15) is 0 Å². The summed E-state index contributed by atoms with van der Waals surface area (Å²) in [6.45, 7) is 1.88. The van der Waals surface area contributed by atoms with Crippen LogP contribution in [0, 0.1) is 0 Å². The summed E-state index contributed by atoms with van der Waals surface area (Å²) >= 11 is 3.50. The predicted molar refractivity (Wildman–Crippen MR) is 84.6 cm³/mol. The van der Waals surface area contributed by atoms with E-state index in [4.69, 9.17) is 0 Å². The van der Waals surface area contributed by atoms with Gasteiger partial charge in [-0.3, -0.25) is 0 Å². The molecule has 1 heterocycles. The molecule has 3 rings (SSSR count). The topological polar surface area (TPSA) is 17.0 Å². The molecule has 0 amide bonds. The van der Waals surface area contributed by atoms with Crippen molar-refractivity contribution in [2.75, 3.05) is 11.9 Å². The van der Waals surface area contributed by atoms with Gasteiger partial charge in [-0.1, -0.05) is 34.1 Å². The molecule has 2 aromatic carbocycles. The van der Waals surface area contributed by atoms with Gasteiger partial charge in [-0.25, -0.2) is 0 Å². The highest BCUT2D eigenvalue weighted by Crippen LogP contribution is 2.20. The van der Waals surface area contributed by atoms with E-state index in [1.165, 1.54) is 16.6 Å². The molecule has 0 aliphatic carbocycles. The SMILES string of the molecule is Brc1ccc2c(ccn2CCNc2ccccc2)c1. The second-order valence-electron chi connectivity index (χ2n) is 4.51. The number of anilines is 1. The van der Waals surface area contributed by atoms with Crippen molar-refractivity contribution < 1.29 is 0 Å². The van der Waals surface area contributed by atoms with E-state index in [2.05, 4.69) is 68.4 Å². The van der Waals surface area contributed by atoms with Crippen LogP contribution in [0.4, 0.5) is 5.69 Å². The zero-order valence-electron chi connectivity index (χ0n) is 10.5. The van der Waals surface area contributed by atoms with Crippen LogP contribution in [0.3, 0.4) is 0 Å². The van der Waals surface area contributed by atoms with Crippen molar-refractivity contribution in [2.45, 2.75) is 6.54 Å². The Balaban J connectivity index is 1.69. The first-order valence-corrected chi connectivity index (χ1v) is 7.15. The Bertz CT molecular complexity index is 674. The molecule has 0 atom stereocenters. The predicted octanol–water partition coefficient (Wildman–Crippen LogP) is 4.52. The van der Waals surface area contributed by atoms with Gasteiger partial charge >= 0.3 is 0 Å². The Kier molecular flexibility index (Phi) is 3.56. The van der Waals surface area contributed by atoms with Crippen molar-refractivity contribution >= 4 is 32.5 Å². The molecule has 0 saturated heterocycles. The summed E-state index contributed by atoms with van der Waals surface area (Å²) < 4.78 is 3.40. The summed E-state index contributed by atoms with van der Waals surface area (Å²) in [4.78, 5) is 0. The van der Waals surface area contributed by atoms with Crippen molar-refractivity contribution in [1.29, 1.82) is 0 Å². The van der Waals surface area contributed by atoms with E-state index in [9.17, 15) is 0 Å². The third-order valence-electron chi connectivity index (χ3n) is 3.19. The number of aromatic nitrogens is 1. The minimum absolute atomic E-state index is 0.920. The summed E-state index contributed by atoms with van der Waals surface area (Å²) in [7, 11) is 0. The van der Waals surface area contributed by atoms with Crippen LogP contribution in [-0.4, -0.2) is 11.1 Å². The van der Waals surface area contributed by atoms with Crippen molar-refractivity contribution in [2.24, 2.45) is 0 Å². The van der Waals surface area contributed by atoms with Gasteiger partial charge in [-0.2, -0.15) is 0 Å². The number of fused-ring (bicyclic) bond motifs is 1. The van der Waals surface area contributed by atoms with Gasteiger partial charge < -0.3 is 9.88 Å². The second-order valence-corrected chi connectivity index (χ2v) is 5.42. The molecule has 1 N–H and O–H groups in total. The molecule has 0 bridgehead atoms. The van der Waals surface area contributed by atoms with E-state index < -0.39 is 0 Å².